The number of fused-ring (bicyclic) bond motifs is 1. The van der Waals surface area contributed by atoms with Crippen molar-refractivity contribution in [2.75, 3.05) is 5.32 Å². The first-order chi connectivity index (χ1) is 9.34. The number of carbonyl (C=O) groups is 1. The van der Waals surface area contributed by atoms with Crippen molar-refractivity contribution in [3.8, 4) is 0 Å². The molecule has 0 fully saturated rings. The lowest BCUT2D eigenvalue weighted by Crippen LogP contribution is -2.34. The lowest BCUT2D eigenvalue weighted by molar-refractivity contribution is -0.128. The average Bonchev–Trinajstić information content (AvgIpc) is 2.90. The van der Waals surface area contributed by atoms with E-state index in [1.54, 1.807) is 16.8 Å². The van der Waals surface area contributed by atoms with E-state index < -0.39 is 0 Å². The number of rotatable bonds is 1. The normalized spacial score (nSPS) is 21.8. The summed E-state index contributed by atoms with van der Waals surface area (Å²) in [4.78, 5) is 13.2. The number of nitrogens with zero attached hydrogens (tertiary/aromatic N) is 2. The molecule has 2 aliphatic rings. The first kappa shape index (κ1) is 13.8. The van der Waals surface area contributed by atoms with E-state index in [1.807, 2.05) is 18.2 Å². The van der Waals surface area contributed by atoms with E-state index in [1.165, 1.54) is 0 Å². The molecule has 0 saturated carbocycles. The highest BCUT2D eigenvalue weighted by atomic mass is 35.5. The van der Waals surface area contributed by atoms with Crippen molar-refractivity contribution in [3.63, 3.8) is 0 Å². The SMILES string of the molecule is CC(C)(C)C1=NN(C2Nc3ccc(Cl)cc3S2)C(=O)C1. The number of halogens is 1. The number of amides is 1. The molecule has 4 nitrogen and oxygen atoms in total. The van der Waals surface area contributed by atoms with E-state index in [-0.39, 0.29) is 16.8 Å². The highest BCUT2D eigenvalue weighted by Gasteiger charge is 2.37. The molecule has 2 heterocycles. The molecule has 0 saturated heterocycles. The highest BCUT2D eigenvalue weighted by Crippen LogP contribution is 2.42. The number of hydrazone groups is 1. The largest absolute Gasteiger partial charge is 0.354 e. The Morgan fingerprint density at radius 2 is 2.20 bits per heavy atom. The average molecular weight is 310 g/mol. The molecule has 0 bridgehead atoms. The third kappa shape index (κ3) is 2.40. The number of hydrogen-bond acceptors (Lipinski definition) is 4. The quantitative estimate of drug-likeness (QED) is 0.858. The molecule has 2 aliphatic heterocycles. The van der Waals surface area contributed by atoms with Crippen LogP contribution in [-0.4, -0.2) is 22.1 Å². The van der Waals surface area contributed by atoms with E-state index >= 15 is 0 Å². The van der Waals surface area contributed by atoms with Crippen LogP contribution in [0.1, 0.15) is 27.2 Å². The zero-order valence-corrected chi connectivity index (χ0v) is 13.2. The van der Waals surface area contributed by atoms with Gasteiger partial charge in [0.15, 0.2) is 5.50 Å². The monoisotopic (exact) mass is 309 g/mol. The zero-order valence-electron chi connectivity index (χ0n) is 11.6. The van der Waals surface area contributed by atoms with Crippen molar-refractivity contribution >= 4 is 40.7 Å². The van der Waals surface area contributed by atoms with Crippen LogP contribution in [-0.2, 0) is 4.79 Å². The molecule has 0 spiro atoms. The van der Waals surface area contributed by atoms with Gasteiger partial charge in [-0.05, 0) is 18.2 Å². The molecule has 20 heavy (non-hydrogen) atoms. The van der Waals surface area contributed by atoms with Gasteiger partial charge in [-0.25, -0.2) is 5.01 Å². The third-order valence-electron chi connectivity index (χ3n) is 3.35. The summed E-state index contributed by atoms with van der Waals surface area (Å²) in [5.41, 5.74) is 1.66. The summed E-state index contributed by atoms with van der Waals surface area (Å²) in [5, 5.41) is 10.1. The summed E-state index contributed by atoms with van der Waals surface area (Å²) in [6.45, 7) is 6.23. The predicted molar refractivity (Wildman–Crippen MR) is 83.1 cm³/mol. The molecule has 1 unspecified atom stereocenters. The Balaban J connectivity index is 1.83. The van der Waals surface area contributed by atoms with Gasteiger partial charge >= 0.3 is 0 Å². The van der Waals surface area contributed by atoms with Gasteiger partial charge in [0, 0.05) is 15.3 Å². The van der Waals surface area contributed by atoms with Crippen LogP contribution in [0.4, 0.5) is 5.69 Å². The maximum absolute atomic E-state index is 12.2. The summed E-state index contributed by atoms with van der Waals surface area (Å²) in [7, 11) is 0. The van der Waals surface area contributed by atoms with E-state index in [9.17, 15) is 4.79 Å². The molecule has 106 valence electrons. The zero-order chi connectivity index (χ0) is 14.5. The number of anilines is 1. The lowest BCUT2D eigenvalue weighted by atomic mass is 9.88. The maximum atomic E-state index is 12.2. The highest BCUT2D eigenvalue weighted by molar-refractivity contribution is 8.00. The summed E-state index contributed by atoms with van der Waals surface area (Å²) in [6, 6.07) is 5.68. The fourth-order valence-electron chi connectivity index (χ4n) is 2.15. The van der Waals surface area contributed by atoms with Gasteiger partial charge in [-0.3, -0.25) is 4.79 Å². The van der Waals surface area contributed by atoms with Gasteiger partial charge in [0.2, 0.25) is 0 Å². The van der Waals surface area contributed by atoms with Gasteiger partial charge in [0.25, 0.3) is 5.91 Å². The van der Waals surface area contributed by atoms with Crippen LogP contribution in [0.2, 0.25) is 5.02 Å². The van der Waals surface area contributed by atoms with Gasteiger partial charge in [0.1, 0.15) is 0 Å². The van der Waals surface area contributed by atoms with Crippen LogP contribution in [0.3, 0.4) is 0 Å². The Labute approximate surface area is 127 Å². The second kappa shape index (κ2) is 4.67. The van der Waals surface area contributed by atoms with E-state index in [0.717, 1.165) is 16.3 Å². The smallest absolute Gasteiger partial charge is 0.251 e. The fourth-order valence-corrected chi connectivity index (χ4v) is 3.53. The molecule has 0 radical (unpaired) electrons. The summed E-state index contributed by atoms with van der Waals surface area (Å²) < 4.78 is 0. The fraction of sp³-hybridized carbons (Fsp3) is 0.429. The van der Waals surface area contributed by atoms with Crippen molar-refractivity contribution < 1.29 is 4.79 Å². The topological polar surface area (TPSA) is 44.7 Å². The Hall–Kier alpha value is -1.20. The van der Waals surface area contributed by atoms with Crippen molar-refractivity contribution in [1.82, 2.24) is 5.01 Å². The van der Waals surface area contributed by atoms with E-state index in [4.69, 9.17) is 11.6 Å². The first-order valence-corrected chi connectivity index (χ1v) is 7.73. The molecule has 3 rings (SSSR count). The van der Waals surface area contributed by atoms with Crippen molar-refractivity contribution in [2.24, 2.45) is 10.5 Å². The van der Waals surface area contributed by atoms with Crippen LogP contribution in [0.5, 0.6) is 0 Å². The molecule has 1 aromatic carbocycles. The van der Waals surface area contributed by atoms with Crippen LogP contribution < -0.4 is 5.32 Å². The minimum Gasteiger partial charge on any atom is -0.354 e. The molecule has 1 amide bonds. The summed E-state index contributed by atoms with van der Waals surface area (Å²) in [6.07, 6.45) is 0.402. The second-order valence-corrected chi connectivity index (χ2v) is 7.53. The van der Waals surface area contributed by atoms with Crippen LogP contribution in [0.25, 0.3) is 0 Å². The number of thioether (sulfide) groups is 1. The summed E-state index contributed by atoms with van der Waals surface area (Å²) in [5.74, 6) is 0.0406. The minimum atomic E-state index is -0.184. The molecular weight excluding hydrogens is 294 g/mol. The first-order valence-electron chi connectivity index (χ1n) is 6.47. The van der Waals surface area contributed by atoms with Gasteiger partial charge < -0.3 is 5.32 Å². The Morgan fingerprint density at radius 1 is 1.45 bits per heavy atom. The number of nitrogens with one attached hydrogen (secondary N) is 1. The molecule has 1 aromatic rings. The van der Waals surface area contributed by atoms with Gasteiger partial charge in [-0.1, -0.05) is 44.1 Å². The van der Waals surface area contributed by atoms with Crippen LogP contribution in [0, 0.1) is 5.41 Å². The number of benzene rings is 1. The Bertz CT molecular complexity index is 609. The van der Waals surface area contributed by atoms with E-state index in [0.29, 0.717) is 11.4 Å². The third-order valence-corrected chi connectivity index (χ3v) is 4.72. The molecular formula is C14H16ClN3OS. The molecule has 1 N–H and O–H groups in total. The molecule has 1 atom stereocenters. The van der Waals surface area contributed by atoms with Gasteiger partial charge in [0.05, 0.1) is 17.8 Å². The predicted octanol–water partition coefficient (Wildman–Crippen LogP) is 3.78. The molecule has 0 aliphatic carbocycles. The number of carbonyl (C=O) groups excluding carboxylic acids is 1. The Morgan fingerprint density at radius 3 is 2.85 bits per heavy atom. The maximum Gasteiger partial charge on any atom is 0.251 e. The van der Waals surface area contributed by atoms with Gasteiger partial charge in [-0.2, -0.15) is 5.10 Å². The lowest BCUT2D eigenvalue weighted by Gasteiger charge is -2.20. The molecule has 6 heteroatoms. The van der Waals surface area contributed by atoms with Crippen LogP contribution in [0.15, 0.2) is 28.2 Å². The number of hydrogen-bond donors (Lipinski definition) is 1. The Kier molecular flexibility index (Phi) is 3.21. The van der Waals surface area contributed by atoms with Crippen molar-refractivity contribution in [3.05, 3.63) is 23.2 Å². The summed E-state index contributed by atoms with van der Waals surface area (Å²) >= 11 is 7.56. The van der Waals surface area contributed by atoms with Crippen molar-refractivity contribution in [1.29, 1.82) is 0 Å². The van der Waals surface area contributed by atoms with Gasteiger partial charge in [-0.15, -0.1) is 0 Å². The van der Waals surface area contributed by atoms with E-state index in [2.05, 4.69) is 31.2 Å². The second-order valence-electron chi connectivity index (χ2n) is 5.97. The van der Waals surface area contributed by atoms with Crippen LogP contribution >= 0.6 is 23.4 Å². The molecule has 0 aromatic heterocycles. The standard InChI is InChI=1S/C14H16ClN3OS/c1-14(2,3)11-7-12(19)18(17-11)13-16-9-5-4-8(15)6-10(9)20-13/h4-6,13,16H,7H2,1-3H3. The van der Waals surface area contributed by atoms with Crippen molar-refractivity contribution in [2.45, 2.75) is 37.6 Å². The minimum absolute atomic E-state index is 0.0406.